The monoisotopic (exact) mass is 179 g/mol. The van der Waals surface area contributed by atoms with Crippen LogP contribution in [0.1, 0.15) is 19.5 Å². The van der Waals surface area contributed by atoms with E-state index in [4.69, 9.17) is 4.52 Å². The van der Waals surface area contributed by atoms with E-state index in [2.05, 4.69) is 5.16 Å². The minimum atomic E-state index is 0.223. The fraction of sp³-hybridized carbons (Fsp3) is 0.300. The van der Waals surface area contributed by atoms with E-state index in [1.54, 1.807) is 25.1 Å². The number of phenols is 1. The van der Waals surface area contributed by atoms with Gasteiger partial charge >= 0.3 is 0 Å². The Kier molecular flexibility index (Phi) is 2.90. The fourth-order valence-corrected chi connectivity index (χ4v) is 1.12. The number of hydrogen-bond acceptors (Lipinski definition) is 3. The van der Waals surface area contributed by atoms with E-state index in [1.807, 2.05) is 13.8 Å². The summed E-state index contributed by atoms with van der Waals surface area (Å²) >= 11 is 0. The molecule has 0 fully saturated rings. The van der Waals surface area contributed by atoms with E-state index in [9.17, 15) is 5.11 Å². The van der Waals surface area contributed by atoms with Crippen LogP contribution in [0.2, 0.25) is 0 Å². The molecule has 2 aromatic rings. The molecule has 0 saturated carbocycles. The number of aromatic nitrogens is 1. The molecule has 2 rings (SSSR count). The van der Waals surface area contributed by atoms with Gasteiger partial charge in [-0.3, -0.25) is 0 Å². The molecule has 3 heteroatoms. The summed E-state index contributed by atoms with van der Waals surface area (Å²) in [5.41, 5.74) is 1.35. The van der Waals surface area contributed by atoms with Gasteiger partial charge in [-0.1, -0.05) is 25.1 Å². The highest BCUT2D eigenvalue weighted by Crippen LogP contribution is 2.26. The van der Waals surface area contributed by atoms with E-state index >= 15 is 0 Å². The van der Waals surface area contributed by atoms with Gasteiger partial charge in [0.2, 0.25) is 0 Å². The maximum atomic E-state index is 9.34. The number of benzene rings is 1. The highest BCUT2D eigenvalue weighted by Gasteiger charge is 2.06. The predicted octanol–water partition coefficient (Wildman–Crippen LogP) is 2.87. The number of nitrogens with zero attached hydrogens (tertiary/aromatic N) is 1. The van der Waals surface area contributed by atoms with E-state index in [1.165, 1.54) is 0 Å². The zero-order chi connectivity index (χ0) is 9.84. The van der Waals surface area contributed by atoms with E-state index in [0.717, 1.165) is 5.69 Å². The Bertz CT molecular complexity index is 393. The Hall–Kier alpha value is -1.51. The molecule has 1 aromatic carbocycles. The van der Waals surface area contributed by atoms with Crippen LogP contribution < -0.4 is 0 Å². The van der Waals surface area contributed by atoms with Crippen molar-refractivity contribution in [1.82, 2.24) is 5.16 Å². The first kappa shape index (κ1) is 9.58. The summed E-state index contributed by atoms with van der Waals surface area (Å²) in [4.78, 5) is 0. The highest BCUT2D eigenvalue weighted by atomic mass is 16.5. The molecule has 0 spiro atoms. The summed E-state index contributed by atoms with van der Waals surface area (Å²) in [6.45, 7) is 5.80. The van der Waals surface area contributed by atoms with Crippen LogP contribution in [-0.2, 0) is 0 Å². The van der Waals surface area contributed by atoms with Crippen molar-refractivity contribution in [2.45, 2.75) is 20.8 Å². The van der Waals surface area contributed by atoms with Crippen molar-refractivity contribution >= 4 is 11.0 Å². The van der Waals surface area contributed by atoms with Gasteiger partial charge in [0.05, 0.1) is 11.1 Å². The highest BCUT2D eigenvalue weighted by molar-refractivity contribution is 5.85. The molecule has 13 heavy (non-hydrogen) atoms. The molecule has 3 nitrogen and oxygen atoms in total. The molecular formula is C10H13NO2. The smallest absolute Gasteiger partial charge is 0.170 e. The van der Waals surface area contributed by atoms with Crippen LogP contribution in [0.4, 0.5) is 0 Å². The van der Waals surface area contributed by atoms with Crippen molar-refractivity contribution in [2.75, 3.05) is 0 Å². The van der Waals surface area contributed by atoms with Crippen LogP contribution in [-0.4, -0.2) is 10.3 Å². The molecule has 0 bridgehead atoms. The average molecular weight is 179 g/mol. The molecule has 0 saturated heterocycles. The van der Waals surface area contributed by atoms with Gasteiger partial charge < -0.3 is 9.63 Å². The van der Waals surface area contributed by atoms with Crippen LogP contribution in [0, 0.1) is 6.92 Å². The minimum absolute atomic E-state index is 0.223. The summed E-state index contributed by atoms with van der Waals surface area (Å²) in [6, 6.07) is 5.11. The lowest BCUT2D eigenvalue weighted by Crippen LogP contribution is -1.70. The van der Waals surface area contributed by atoms with Gasteiger partial charge in [-0.05, 0) is 19.1 Å². The Morgan fingerprint density at radius 3 is 2.62 bits per heavy atom. The van der Waals surface area contributed by atoms with Crippen LogP contribution in [0.3, 0.4) is 0 Å². The maximum Gasteiger partial charge on any atom is 0.170 e. The fourth-order valence-electron chi connectivity index (χ4n) is 1.12. The molecule has 0 amide bonds. The van der Waals surface area contributed by atoms with Crippen molar-refractivity contribution in [2.24, 2.45) is 0 Å². The first-order valence-electron chi connectivity index (χ1n) is 4.33. The molecule has 0 radical (unpaired) electrons. The van der Waals surface area contributed by atoms with Crippen molar-refractivity contribution in [3.05, 3.63) is 23.9 Å². The zero-order valence-electron chi connectivity index (χ0n) is 8.03. The Labute approximate surface area is 77.0 Å². The lowest BCUT2D eigenvalue weighted by Gasteiger charge is -1.90. The van der Waals surface area contributed by atoms with Gasteiger partial charge in [0, 0.05) is 0 Å². The molecule has 70 valence electrons. The standard InChI is InChI=1S/C8H7NO2.C2H6/c1-5-8-6(10)3-2-4-7(8)11-9-5;1-2/h2-4,10H,1H3;1-2H3. The molecule has 1 N–H and O–H groups in total. The van der Waals surface area contributed by atoms with E-state index in [-0.39, 0.29) is 5.75 Å². The predicted molar refractivity (Wildman–Crippen MR) is 51.8 cm³/mol. The van der Waals surface area contributed by atoms with Crippen molar-refractivity contribution in [1.29, 1.82) is 0 Å². The first-order chi connectivity index (χ1) is 6.29. The van der Waals surface area contributed by atoms with Crippen LogP contribution >= 0.6 is 0 Å². The first-order valence-corrected chi connectivity index (χ1v) is 4.33. The summed E-state index contributed by atoms with van der Waals surface area (Å²) in [5, 5.41) is 13.8. The second kappa shape index (κ2) is 3.94. The summed E-state index contributed by atoms with van der Waals surface area (Å²) in [7, 11) is 0. The molecule has 0 aliphatic heterocycles. The lowest BCUT2D eigenvalue weighted by atomic mass is 10.2. The number of fused-ring (bicyclic) bond motifs is 1. The van der Waals surface area contributed by atoms with Crippen LogP contribution in [0.15, 0.2) is 22.7 Å². The number of rotatable bonds is 0. The Morgan fingerprint density at radius 2 is 2.00 bits per heavy atom. The molecule has 1 aromatic heterocycles. The molecule has 0 aliphatic carbocycles. The zero-order valence-corrected chi connectivity index (χ0v) is 8.03. The van der Waals surface area contributed by atoms with Crippen molar-refractivity contribution < 1.29 is 9.63 Å². The van der Waals surface area contributed by atoms with Gasteiger partial charge in [0.1, 0.15) is 5.75 Å². The third-order valence-electron chi connectivity index (χ3n) is 1.65. The normalized spacial score (nSPS) is 9.46. The summed E-state index contributed by atoms with van der Waals surface area (Å²) < 4.78 is 4.92. The van der Waals surface area contributed by atoms with Gasteiger partial charge in [-0.15, -0.1) is 0 Å². The number of aromatic hydroxyl groups is 1. The Balaban J connectivity index is 0.000000396. The Morgan fingerprint density at radius 1 is 1.31 bits per heavy atom. The van der Waals surface area contributed by atoms with Crippen LogP contribution in [0.5, 0.6) is 5.75 Å². The lowest BCUT2D eigenvalue weighted by molar-refractivity contribution is 0.450. The number of phenolic OH excluding ortho intramolecular Hbond substituents is 1. The van der Waals surface area contributed by atoms with Gasteiger partial charge in [-0.2, -0.15) is 0 Å². The maximum absolute atomic E-state index is 9.34. The van der Waals surface area contributed by atoms with E-state index < -0.39 is 0 Å². The van der Waals surface area contributed by atoms with Crippen molar-refractivity contribution in [3.63, 3.8) is 0 Å². The molecule has 0 aliphatic rings. The van der Waals surface area contributed by atoms with Gasteiger partial charge in [0.25, 0.3) is 0 Å². The molecule has 0 unspecified atom stereocenters. The SMILES string of the molecule is CC.Cc1noc2cccc(O)c12. The van der Waals surface area contributed by atoms with Gasteiger partial charge in [-0.25, -0.2) is 0 Å². The third-order valence-corrected chi connectivity index (χ3v) is 1.65. The molecule has 1 heterocycles. The largest absolute Gasteiger partial charge is 0.507 e. The second-order valence-electron chi connectivity index (χ2n) is 2.42. The average Bonchev–Trinajstić information content (AvgIpc) is 2.53. The third kappa shape index (κ3) is 1.64. The summed E-state index contributed by atoms with van der Waals surface area (Å²) in [6.07, 6.45) is 0. The quantitative estimate of drug-likeness (QED) is 0.676. The number of hydrogen-bond donors (Lipinski definition) is 1. The minimum Gasteiger partial charge on any atom is -0.507 e. The molecular weight excluding hydrogens is 166 g/mol. The van der Waals surface area contributed by atoms with Gasteiger partial charge in [0.15, 0.2) is 5.58 Å². The van der Waals surface area contributed by atoms with Crippen molar-refractivity contribution in [3.8, 4) is 5.75 Å². The topological polar surface area (TPSA) is 46.3 Å². The summed E-state index contributed by atoms with van der Waals surface area (Å²) in [5.74, 6) is 0.223. The van der Waals surface area contributed by atoms with Crippen LogP contribution in [0.25, 0.3) is 11.0 Å². The second-order valence-corrected chi connectivity index (χ2v) is 2.42. The molecule has 0 atom stereocenters. The number of aryl methyl sites for hydroxylation is 1. The van der Waals surface area contributed by atoms with E-state index in [0.29, 0.717) is 11.0 Å².